The lowest BCUT2D eigenvalue weighted by Crippen LogP contribution is -2.36. The standard InChI is InChI=1S/C15H22BrNO2/c1-17(13-4-6-14(18)7-5-13)10-11-9-12(16)3-8-15(11)19-2/h3,8-9,13-14,18H,4-7,10H2,1-2H3. The minimum atomic E-state index is -0.0925. The fourth-order valence-corrected chi connectivity index (χ4v) is 3.18. The van der Waals surface area contributed by atoms with E-state index in [-0.39, 0.29) is 6.10 Å². The molecule has 0 unspecified atom stereocenters. The summed E-state index contributed by atoms with van der Waals surface area (Å²) in [5, 5.41) is 9.57. The molecular formula is C15H22BrNO2. The molecular weight excluding hydrogens is 306 g/mol. The second kappa shape index (κ2) is 6.73. The monoisotopic (exact) mass is 327 g/mol. The molecule has 0 aliphatic heterocycles. The molecule has 1 saturated carbocycles. The Balaban J connectivity index is 2.02. The van der Waals surface area contributed by atoms with Crippen LogP contribution in [0.4, 0.5) is 0 Å². The highest BCUT2D eigenvalue weighted by atomic mass is 79.9. The van der Waals surface area contributed by atoms with E-state index in [4.69, 9.17) is 4.74 Å². The summed E-state index contributed by atoms with van der Waals surface area (Å²) in [6, 6.07) is 6.68. The summed E-state index contributed by atoms with van der Waals surface area (Å²) in [7, 11) is 3.87. The van der Waals surface area contributed by atoms with Gasteiger partial charge in [-0.2, -0.15) is 0 Å². The first kappa shape index (κ1) is 14.8. The van der Waals surface area contributed by atoms with E-state index in [1.807, 2.05) is 12.1 Å². The van der Waals surface area contributed by atoms with Crippen molar-refractivity contribution in [1.29, 1.82) is 0 Å². The fraction of sp³-hybridized carbons (Fsp3) is 0.600. The van der Waals surface area contributed by atoms with Gasteiger partial charge in [0.1, 0.15) is 5.75 Å². The van der Waals surface area contributed by atoms with E-state index in [1.165, 1.54) is 5.56 Å². The Morgan fingerprint density at radius 2 is 2.00 bits per heavy atom. The van der Waals surface area contributed by atoms with Gasteiger partial charge in [0.25, 0.3) is 0 Å². The molecule has 1 fully saturated rings. The number of aliphatic hydroxyl groups is 1. The molecule has 0 atom stereocenters. The quantitative estimate of drug-likeness (QED) is 0.921. The maximum absolute atomic E-state index is 9.57. The fourth-order valence-electron chi connectivity index (χ4n) is 2.77. The number of methoxy groups -OCH3 is 1. The van der Waals surface area contributed by atoms with Crippen LogP contribution in [-0.4, -0.2) is 36.3 Å². The second-order valence-electron chi connectivity index (χ2n) is 5.33. The van der Waals surface area contributed by atoms with Gasteiger partial charge in [0.2, 0.25) is 0 Å². The average molecular weight is 328 g/mol. The number of benzene rings is 1. The largest absolute Gasteiger partial charge is 0.496 e. The third kappa shape index (κ3) is 3.94. The van der Waals surface area contributed by atoms with Gasteiger partial charge in [0.05, 0.1) is 13.2 Å². The third-order valence-corrected chi connectivity index (χ3v) is 4.45. The van der Waals surface area contributed by atoms with Gasteiger partial charge >= 0.3 is 0 Å². The average Bonchev–Trinajstić information content (AvgIpc) is 2.39. The van der Waals surface area contributed by atoms with Gasteiger partial charge < -0.3 is 9.84 Å². The van der Waals surface area contributed by atoms with Crippen LogP contribution < -0.4 is 4.74 Å². The van der Waals surface area contributed by atoms with Gasteiger partial charge in [-0.15, -0.1) is 0 Å². The highest BCUT2D eigenvalue weighted by Gasteiger charge is 2.23. The molecule has 3 nitrogen and oxygen atoms in total. The summed E-state index contributed by atoms with van der Waals surface area (Å²) in [5.74, 6) is 0.936. The molecule has 2 rings (SSSR count). The Bertz CT molecular complexity index is 417. The molecule has 1 aromatic rings. The lowest BCUT2D eigenvalue weighted by atomic mass is 9.92. The number of hydrogen-bond acceptors (Lipinski definition) is 3. The lowest BCUT2D eigenvalue weighted by Gasteiger charge is -2.33. The van der Waals surface area contributed by atoms with Gasteiger partial charge in [0, 0.05) is 22.6 Å². The van der Waals surface area contributed by atoms with Crippen LogP contribution in [0.2, 0.25) is 0 Å². The van der Waals surface area contributed by atoms with Gasteiger partial charge in [-0.25, -0.2) is 0 Å². The molecule has 1 aromatic carbocycles. The molecule has 0 amide bonds. The topological polar surface area (TPSA) is 32.7 Å². The van der Waals surface area contributed by atoms with Crippen LogP contribution in [0.15, 0.2) is 22.7 Å². The normalized spacial score (nSPS) is 23.6. The van der Waals surface area contributed by atoms with E-state index in [0.717, 1.165) is 42.5 Å². The van der Waals surface area contributed by atoms with Crippen molar-refractivity contribution in [2.45, 2.75) is 44.4 Å². The van der Waals surface area contributed by atoms with Crippen molar-refractivity contribution < 1.29 is 9.84 Å². The van der Waals surface area contributed by atoms with Gasteiger partial charge in [0.15, 0.2) is 0 Å². The Labute approximate surface area is 123 Å². The highest BCUT2D eigenvalue weighted by Crippen LogP contribution is 2.27. The maximum atomic E-state index is 9.57. The van der Waals surface area contributed by atoms with Gasteiger partial charge in [-0.05, 0) is 50.9 Å². The zero-order valence-electron chi connectivity index (χ0n) is 11.6. The molecule has 1 N–H and O–H groups in total. The predicted octanol–water partition coefficient (Wildman–Crippen LogP) is 3.19. The van der Waals surface area contributed by atoms with Crippen molar-refractivity contribution in [1.82, 2.24) is 4.90 Å². The Morgan fingerprint density at radius 1 is 1.32 bits per heavy atom. The van der Waals surface area contributed by atoms with Crippen LogP contribution in [0.25, 0.3) is 0 Å². The first-order valence-corrected chi connectivity index (χ1v) is 7.60. The minimum absolute atomic E-state index is 0.0925. The number of ether oxygens (including phenoxy) is 1. The molecule has 106 valence electrons. The molecule has 0 saturated heterocycles. The number of nitrogens with zero attached hydrogens (tertiary/aromatic N) is 1. The van der Waals surface area contributed by atoms with Crippen LogP contribution in [0.3, 0.4) is 0 Å². The summed E-state index contributed by atoms with van der Waals surface area (Å²) >= 11 is 3.51. The number of hydrogen-bond donors (Lipinski definition) is 1. The van der Waals surface area contributed by atoms with Crippen molar-refractivity contribution in [3.63, 3.8) is 0 Å². The highest BCUT2D eigenvalue weighted by molar-refractivity contribution is 9.10. The zero-order valence-corrected chi connectivity index (χ0v) is 13.2. The summed E-state index contributed by atoms with van der Waals surface area (Å²) < 4.78 is 6.50. The number of aliphatic hydroxyl groups excluding tert-OH is 1. The summed E-state index contributed by atoms with van der Waals surface area (Å²) in [6.45, 7) is 0.878. The number of rotatable bonds is 4. The lowest BCUT2D eigenvalue weighted by molar-refractivity contribution is 0.0815. The van der Waals surface area contributed by atoms with E-state index < -0.39 is 0 Å². The molecule has 0 heterocycles. The predicted molar refractivity (Wildman–Crippen MR) is 80.4 cm³/mol. The molecule has 0 bridgehead atoms. The summed E-state index contributed by atoms with van der Waals surface area (Å²) in [4.78, 5) is 2.37. The molecule has 1 aliphatic rings. The van der Waals surface area contributed by atoms with E-state index >= 15 is 0 Å². The smallest absolute Gasteiger partial charge is 0.123 e. The first-order valence-electron chi connectivity index (χ1n) is 6.81. The van der Waals surface area contributed by atoms with Crippen molar-refractivity contribution in [3.8, 4) is 5.75 Å². The van der Waals surface area contributed by atoms with Crippen LogP contribution in [0.1, 0.15) is 31.2 Å². The van der Waals surface area contributed by atoms with Crippen molar-refractivity contribution in [2.24, 2.45) is 0 Å². The first-order chi connectivity index (χ1) is 9.10. The van der Waals surface area contributed by atoms with E-state index in [0.29, 0.717) is 6.04 Å². The van der Waals surface area contributed by atoms with Crippen LogP contribution in [0, 0.1) is 0 Å². The number of halogens is 1. The Hall–Kier alpha value is -0.580. The molecule has 4 heteroatoms. The van der Waals surface area contributed by atoms with Crippen LogP contribution in [0.5, 0.6) is 5.75 Å². The Morgan fingerprint density at radius 3 is 2.63 bits per heavy atom. The minimum Gasteiger partial charge on any atom is -0.496 e. The summed E-state index contributed by atoms with van der Waals surface area (Å²) in [6.07, 6.45) is 3.90. The summed E-state index contributed by atoms with van der Waals surface area (Å²) in [5.41, 5.74) is 1.20. The molecule has 0 spiro atoms. The van der Waals surface area contributed by atoms with Crippen molar-refractivity contribution in [3.05, 3.63) is 28.2 Å². The van der Waals surface area contributed by atoms with Crippen molar-refractivity contribution >= 4 is 15.9 Å². The van der Waals surface area contributed by atoms with Crippen LogP contribution >= 0.6 is 15.9 Å². The molecule has 1 aliphatic carbocycles. The third-order valence-electron chi connectivity index (χ3n) is 3.95. The maximum Gasteiger partial charge on any atom is 0.123 e. The SMILES string of the molecule is COc1ccc(Br)cc1CN(C)C1CCC(O)CC1. The second-order valence-corrected chi connectivity index (χ2v) is 6.25. The van der Waals surface area contributed by atoms with E-state index in [1.54, 1.807) is 7.11 Å². The molecule has 19 heavy (non-hydrogen) atoms. The van der Waals surface area contributed by atoms with Gasteiger partial charge in [-0.3, -0.25) is 4.90 Å². The Kier molecular flexibility index (Phi) is 5.25. The molecule has 0 radical (unpaired) electrons. The van der Waals surface area contributed by atoms with E-state index in [2.05, 4.69) is 33.9 Å². The van der Waals surface area contributed by atoms with E-state index in [9.17, 15) is 5.11 Å². The van der Waals surface area contributed by atoms with Gasteiger partial charge in [-0.1, -0.05) is 15.9 Å². The molecule has 0 aromatic heterocycles. The van der Waals surface area contributed by atoms with Crippen LogP contribution in [-0.2, 0) is 6.54 Å². The zero-order chi connectivity index (χ0) is 13.8. The van der Waals surface area contributed by atoms with Crippen molar-refractivity contribution in [2.75, 3.05) is 14.2 Å².